The van der Waals surface area contributed by atoms with E-state index in [0.717, 1.165) is 5.56 Å². The standard InChI is InChI=1S/C32H34O9/c1-3-17-39-31(18-23-13-7-9-15-25(23)29(35)36)28(34)27(33)21(2)41-32(31,40-20-22-11-5-4-6-12-22)19-24-14-8-10-16-26(24)30(37)38/h3-16,21,27-28,33-34H,1,17-20H2,2H3,(H,35,36)(H,37,38)/t21-,27+,28+,31-,32+/m1/s1. The molecule has 3 aromatic rings. The van der Waals surface area contributed by atoms with Crippen molar-refractivity contribution in [1.29, 1.82) is 0 Å². The van der Waals surface area contributed by atoms with Gasteiger partial charge in [0.05, 0.1) is 30.4 Å². The van der Waals surface area contributed by atoms with Crippen molar-refractivity contribution in [2.75, 3.05) is 6.61 Å². The summed E-state index contributed by atoms with van der Waals surface area (Å²) in [6.07, 6.45) is -3.05. The average molecular weight is 563 g/mol. The quantitative estimate of drug-likeness (QED) is 0.242. The van der Waals surface area contributed by atoms with Crippen LogP contribution in [0, 0.1) is 0 Å². The van der Waals surface area contributed by atoms with Crippen molar-refractivity contribution < 1.29 is 44.2 Å². The van der Waals surface area contributed by atoms with E-state index in [4.69, 9.17) is 14.2 Å². The predicted octanol–water partition coefficient (Wildman–Crippen LogP) is 3.86. The molecule has 0 spiro atoms. The van der Waals surface area contributed by atoms with Crippen LogP contribution in [0.4, 0.5) is 0 Å². The lowest BCUT2D eigenvalue weighted by atomic mass is 9.72. The van der Waals surface area contributed by atoms with Gasteiger partial charge in [0.2, 0.25) is 5.79 Å². The van der Waals surface area contributed by atoms with Crippen LogP contribution in [0.1, 0.15) is 44.3 Å². The number of aliphatic hydroxyl groups excluding tert-OH is 2. The van der Waals surface area contributed by atoms with Crippen LogP contribution >= 0.6 is 0 Å². The van der Waals surface area contributed by atoms with Crippen molar-refractivity contribution in [1.82, 2.24) is 0 Å². The predicted molar refractivity (Wildman–Crippen MR) is 150 cm³/mol. The molecular weight excluding hydrogens is 528 g/mol. The summed E-state index contributed by atoms with van der Waals surface area (Å²) >= 11 is 0. The van der Waals surface area contributed by atoms with Gasteiger partial charge in [-0.1, -0.05) is 72.8 Å². The van der Waals surface area contributed by atoms with Crippen LogP contribution < -0.4 is 0 Å². The van der Waals surface area contributed by atoms with Crippen LogP contribution in [0.3, 0.4) is 0 Å². The van der Waals surface area contributed by atoms with Crippen LogP contribution in [0.15, 0.2) is 91.5 Å². The molecular formula is C32H34O9. The second-order valence-corrected chi connectivity index (χ2v) is 10.1. The van der Waals surface area contributed by atoms with E-state index in [0.29, 0.717) is 11.1 Å². The van der Waals surface area contributed by atoms with Crippen molar-refractivity contribution in [3.8, 4) is 0 Å². The maximum atomic E-state index is 12.2. The Morgan fingerprint density at radius 1 is 0.854 bits per heavy atom. The minimum atomic E-state index is -1.92. The molecule has 3 aromatic carbocycles. The molecule has 0 aliphatic carbocycles. The summed E-state index contributed by atoms with van der Waals surface area (Å²) in [5, 5.41) is 42.8. The van der Waals surface area contributed by atoms with Crippen molar-refractivity contribution in [3.05, 3.63) is 119 Å². The van der Waals surface area contributed by atoms with Gasteiger partial charge in [-0.25, -0.2) is 9.59 Å². The number of aromatic carboxylic acids is 2. The van der Waals surface area contributed by atoms with Gasteiger partial charge in [-0.05, 0) is 35.7 Å². The minimum Gasteiger partial charge on any atom is -0.478 e. The molecule has 5 atom stereocenters. The number of ether oxygens (including phenoxy) is 3. The zero-order chi connectivity index (χ0) is 29.6. The highest BCUT2D eigenvalue weighted by Gasteiger charge is 2.66. The molecule has 0 bridgehead atoms. The maximum absolute atomic E-state index is 12.2. The lowest BCUT2D eigenvalue weighted by Gasteiger charge is -2.57. The first kappa shape index (κ1) is 30.1. The van der Waals surface area contributed by atoms with Crippen LogP contribution in [-0.4, -0.2) is 68.7 Å². The highest BCUT2D eigenvalue weighted by atomic mass is 16.7. The molecule has 4 rings (SSSR count). The smallest absolute Gasteiger partial charge is 0.335 e. The number of rotatable bonds is 12. The first-order valence-corrected chi connectivity index (χ1v) is 13.2. The van der Waals surface area contributed by atoms with Gasteiger partial charge in [0.1, 0.15) is 12.2 Å². The summed E-state index contributed by atoms with van der Waals surface area (Å²) < 4.78 is 19.4. The lowest BCUT2D eigenvalue weighted by molar-refractivity contribution is -0.406. The molecule has 0 amide bonds. The van der Waals surface area contributed by atoms with Crippen molar-refractivity contribution >= 4 is 11.9 Å². The highest BCUT2D eigenvalue weighted by molar-refractivity contribution is 5.90. The van der Waals surface area contributed by atoms with E-state index in [9.17, 15) is 30.0 Å². The molecule has 0 unspecified atom stereocenters. The number of carbonyl (C=O) groups is 2. The number of benzene rings is 3. The Labute approximate surface area is 238 Å². The Kier molecular flexibility index (Phi) is 9.37. The normalized spacial score (nSPS) is 25.9. The lowest BCUT2D eigenvalue weighted by Crippen LogP contribution is -2.75. The first-order chi connectivity index (χ1) is 19.6. The third kappa shape index (κ3) is 6.09. The van der Waals surface area contributed by atoms with Gasteiger partial charge < -0.3 is 34.6 Å². The Morgan fingerprint density at radius 2 is 1.39 bits per heavy atom. The van der Waals surface area contributed by atoms with Gasteiger partial charge in [0.15, 0.2) is 5.60 Å². The van der Waals surface area contributed by atoms with Crippen LogP contribution in [0.2, 0.25) is 0 Å². The number of carboxylic acid groups (broad SMARTS) is 2. The number of carboxylic acids is 2. The SMILES string of the molecule is C=CCO[C@]1(Cc2ccccc2C(=O)O)[C@@H](O)[C@@H](O)[C@@H](C)O[C@]1(Cc1ccccc1C(=O)O)OCc1ccccc1. The maximum Gasteiger partial charge on any atom is 0.335 e. The summed E-state index contributed by atoms with van der Waals surface area (Å²) in [5.41, 5.74) is -0.555. The van der Waals surface area contributed by atoms with Gasteiger partial charge in [0, 0.05) is 12.8 Å². The second kappa shape index (κ2) is 12.8. The van der Waals surface area contributed by atoms with Gasteiger partial charge in [0.25, 0.3) is 0 Å². The fraction of sp³-hybridized carbons (Fsp3) is 0.312. The van der Waals surface area contributed by atoms with Crippen molar-refractivity contribution in [3.63, 3.8) is 0 Å². The number of hydrogen-bond donors (Lipinski definition) is 4. The largest absolute Gasteiger partial charge is 0.478 e. The van der Waals surface area contributed by atoms with Crippen LogP contribution in [0.5, 0.6) is 0 Å². The van der Waals surface area contributed by atoms with Gasteiger partial charge in [-0.15, -0.1) is 6.58 Å². The molecule has 9 heteroatoms. The van der Waals surface area contributed by atoms with Crippen molar-refractivity contribution in [2.24, 2.45) is 0 Å². The molecule has 9 nitrogen and oxygen atoms in total. The fourth-order valence-electron chi connectivity index (χ4n) is 5.39. The van der Waals surface area contributed by atoms with Gasteiger partial charge >= 0.3 is 11.9 Å². The summed E-state index contributed by atoms with van der Waals surface area (Å²) in [4.78, 5) is 24.4. The van der Waals surface area contributed by atoms with Crippen molar-refractivity contribution in [2.45, 2.75) is 56.1 Å². The minimum absolute atomic E-state index is 0.00407. The molecule has 216 valence electrons. The fourth-order valence-corrected chi connectivity index (χ4v) is 5.39. The van der Waals surface area contributed by atoms with E-state index >= 15 is 0 Å². The monoisotopic (exact) mass is 562 g/mol. The molecule has 0 radical (unpaired) electrons. The highest BCUT2D eigenvalue weighted by Crippen LogP contribution is 2.47. The van der Waals surface area contributed by atoms with Gasteiger partial charge in [-0.2, -0.15) is 0 Å². The first-order valence-electron chi connectivity index (χ1n) is 13.2. The summed E-state index contributed by atoms with van der Waals surface area (Å²) in [5.74, 6) is -4.26. The Morgan fingerprint density at radius 3 is 1.95 bits per heavy atom. The zero-order valence-electron chi connectivity index (χ0n) is 22.7. The van der Waals surface area contributed by atoms with Crippen LogP contribution in [-0.2, 0) is 33.7 Å². The zero-order valence-corrected chi connectivity index (χ0v) is 22.7. The molecule has 0 aromatic heterocycles. The van der Waals surface area contributed by atoms with E-state index in [2.05, 4.69) is 6.58 Å². The topological polar surface area (TPSA) is 143 Å². The van der Waals surface area contributed by atoms with E-state index in [1.54, 1.807) is 43.3 Å². The second-order valence-electron chi connectivity index (χ2n) is 10.1. The number of hydrogen-bond acceptors (Lipinski definition) is 7. The van der Waals surface area contributed by atoms with E-state index in [-0.39, 0.29) is 37.2 Å². The van der Waals surface area contributed by atoms with Gasteiger partial charge in [-0.3, -0.25) is 0 Å². The van der Waals surface area contributed by atoms with E-state index in [1.807, 2.05) is 30.3 Å². The Bertz CT molecular complexity index is 1370. The third-order valence-corrected chi connectivity index (χ3v) is 7.45. The molecule has 1 heterocycles. The third-order valence-electron chi connectivity index (χ3n) is 7.45. The molecule has 1 aliphatic heterocycles. The Balaban J connectivity index is 1.97. The van der Waals surface area contributed by atoms with Crippen LogP contribution in [0.25, 0.3) is 0 Å². The summed E-state index contributed by atoms with van der Waals surface area (Å²) in [6, 6.07) is 21.8. The molecule has 1 fully saturated rings. The number of aliphatic hydroxyl groups is 2. The molecule has 1 saturated heterocycles. The van der Waals surface area contributed by atoms with E-state index < -0.39 is 41.6 Å². The Hall–Kier alpha value is -3.86. The van der Waals surface area contributed by atoms with E-state index in [1.165, 1.54) is 18.2 Å². The summed E-state index contributed by atoms with van der Waals surface area (Å²) in [7, 11) is 0. The molecule has 41 heavy (non-hydrogen) atoms. The molecule has 0 saturated carbocycles. The molecule has 1 aliphatic rings. The molecule has 4 N–H and O–H groups in total. The average Bonchev–Trinajstić information content (AvgIpc) is 2.97. The summed E-state index contributed by atoms with van der Waals surface area (Å²) in [6.45, 7) is 5.16.